The average molecular weight is 437 g/mol. The molecule has 32 heavy (non-hydrogen) atoms. The average Bonchev–Trinajstić information content (AvgIpc) is 3.08. The van der Waals surface area contributed by atoms with E-state index in [2.05, 4.69) is 4.90 Å². The van der Waals surface area contributed by atoms with Gasteiger partial charge in [-0.3, -0.25) is 14.5 Å². The minimum absolute atomic E-state index is 0.0883. The minimum atomic E-state index is -0.728. The largest absolute Gasteiger partial charge is 0.507 e. The second kappa shape index (κ2) is 9.54. The van der Waals surface area contributed by atoms with Crippen LogP contribution in [0.3, 0.4) is 0 Å². The van der Waals surface area contributed by atoms with Crippen molar-refractivity contribution in [2.45, 2.75) is 13.0 Å². The van der Waals surface area contributed by atoms with E-state index in [4.69, 9.17) is 9.47 Å². The Labute approximate surface area is 187 Å². The summed E-state index contributed by atoms with van der Waals surface area (Å²) in [6.07, 6.45) is 0. The molecule has 0 radical (unpaired) electrons. The van der Waals surface area contributed by atoms with Gasteiger partial charge < -0.3 is 19.5 Å². The Balaban J connectivity index is 1.77. The molecule has 2 aromatic rings. The molecule has 2 saturated heterocycles. The number of para-hydroxylation sites is 1. The van der Waals surface area contributed by atoms with Crippen LogP contribution < -0.4 is 4.74 Å². The Bertz CT molecular complexity index is 1020. The molecular weight excluding hydrogens is 408 g/mol. The molecule has 2 aliphatic rings. The third kappa shape index (κ3) is 4.26. The molecule has 0 aliphatic carbocycles. The molecule has 0 bridgehead atoms. The molecule has 1 atom stereocenters. The van der Waals surface area contributed by atoms with E-state index >= 15 is 0 Å². The van der Waals surface area contributed by atoms with Crippen molar-refractivity contribution in [2.75, 3.05) is 46.5 Å². The monoisotopic (exact) mass is 436 g/mol. The van der Waals surface area contributed by atoms with Gasteiger partial charge in [0.1, 0.15) is 11.5 Å². The summed E-state index contributed by atoms with van der Waals surface area (Å²) in [4.78, 5) is 30.0. The first-order valence-corrected chi connectivity index (χ1v) is 10.8. The predicted octanol–water partition coefficient (Wildman–Crippen LogP) is 2.76. The van der Waals surface area contributed by atoms with Crippen LogP contribution in [0.25, 0.3) is 5.76 Å². The van der Waals surface area contributed by atoms with Crippen LogP contribution in [0.2, 0.25) is 0 Å². The normalized spacial score (nSPS) is 21.2. The highest BCUT2D eigenvalue weighted by Crippen LogP contribution is 2.42. The number of ether oxygens (including phenoxy) is 2. The molecule has 0 aromatic heterocycles. The summed E-state index contributed by atoms with van der Waals surface area (Å²) in [7, 11) is 1.55. The zero-order valence-corrected chi connectivity index (χ0v) is 18.4. The summed E-state index contributed by atoms with van der Waals surface area (Å²) in [6.45, 7) is 5.80. The predicted molar refractivity (Wildman–Crippen MR) is 120 cm³/mol. The van der Waals surface area contributed by atoms with Crippen LogP contribution in [0, 0.1) is 6.92 Å². The summed E-state index contributed by atoms with van der Waals surface area (Å²) in [5, 5.41) is 11.1. The lowest BCUT2D eigenvalue weighted by Gasteiger charge is -2.31. The van der Waals surface area contributed by atoms with Crippen LogP contribution in [-0.4, -0.2) is 73.1 Å². The number of likely N-dealkylation sites (tertiary alicyclic amines) is 1. The quantitative estimate of drug-likeness (QED) is 0.426. The van der Waals surface area contributed by atoms with Crippen molar-refractivity contribution >= 4 is 17.4 Å². The summed E-state index contributed by atoms with van der Waals surface area (Å²) in [5.41, 5.74) is 2.30. The van der Waals surface area contributed by atoms with Crippen molar-refractivity contribution < 1.29 is 24.2 Å². The van der Waals surface area contributed by atoms with Crippen molar-refractivity contribution in [2.24, 2.45) is 0 Å². The van der Waals surface area contributed by atoms with E-state index in [1.807, 2.05) is 37.3 Å². The number of carbonyl (C=O) groups is 2. The number of carbonyl (C=O) groups excluding carboxylic acids is 2. The van der Waals surface area contributed by atoms with Gasteiger partial charge >= 0.3 is 0 Å². The number of Topliss-reactive ketones (excluding diaryl/α,β-unsaturated/α-hetero) is 1. The lowest BCUT2D eigenvalue weighted by molar-refractivity contribution is -0.140. The number of amides is 1. The number of morpholine rings is 1. The first-order chi connectivity index (χ1) is 15.5. The number of hydrogen-bond acceptors (Lipinski definition) is 6. The van der Waals surface area contributed by atoms with Gasteiger partial charge in [0, 0.05) is 37.3 Å². The first-order valence-electron chi connectivity index (χ1n) is 10.8. The van der Waals surface area contributed by atoms with Gasteiger partial charge in [-0.15, -0.1) is 0 Å². The highest BCUT2D eigenvalue weighted by Gasteiger charge is 2.47. The molecule has 1 amide bonds. The molecular formula is C25H28N2O5. The van der Waals surface area contributed by atoms with Gasteiger partial charge in [-0.05, 0) is 13.0 Å². The first kappa shape index (κ1) is 22.0. The van der Waals surface area contributed by atoms with E-state index in [1.165, 1.54) is 0 Å². The molecule has 7 nitrogen and oxygen atoms in total. The Hall–Kier alpha value is -3.16. The number of methoxy groups -OCH3 is 1. The SMILES string of the molecule is COc1ccccc1[C@H]1/C(=C(\O)c2ccc(C)cc2)C(=O)C(=O)N1CCN1CCOCC1. The standard InChI is InChI=1S/C25H28N2O5/c1-17-7-9-18(10-8-17)23(28)21-22(19-5-3-4-6-20(19)31-2)27(25(30)24(21)29)12-11-26-13-15-32-16-14-26/h3-10,22,28H,11-16H2,1-2H3/b23-21+/t22-/m0/s1. The van der Waals surface area contributed by atoms with Crippen LogP contribution in [-0.2, 0) is 14.3 Å². The van der Waals surface area contributed by atoms with Crippen molar-refractivity contribution in [3.63, 3.8) is 0 Å². The van der Waals surface area contributed by atoms with Crippen LogP contribution in [0.5, 0.6) is 5.75 Å². The molecule has 168 valence electrons. The van der Waals surface area contributed by atoms with E-state index in [1.54, 1.807) is 30.2 Å². The lowest BCUT2D eigenvalue weighted by Crippen LogP contribution is -2.42. The van der Waals surface area contributed by atoms with Gasteiger partial charge in [-0.1, -0.05) is 48.0 Å². The van der Waals surface area contributed by atoms with Crippen molar-refractivity contribution in [1.82, 2.24) is 9.80 Å². The van der Waals surface area contributed by atoms with E-state index in [0.717, 1.165) is 18.7 Å². The van der Waals surface area contributed by atoms with E-state index < -0.39 is 17.7 Å². The maximum atomic E-state index is 13.1. The molecule has 2 aromatic carbocycles. The molecule has 0 saturated carbocycles. The van der Waals surface area contributed by atoms with Crippen LogP contribution in [0.15, 0.2) is 54.1 Å². The van der Waals surface area contributed by atoms with Crippen LogP contribution >= 0.6 is 0 Å². The van der Waals surface area contributed by atoms with Gasteiger partial charge in [0.25, 0.3) is 11.7 Å². The maximum absolute atomic E-state index is 13.1. The Morgan fingerprint density at radius 3 is 2.44 bits per heavy atom. The lowest BCUT2D eigenvalue weighted by atomic mass is 9.94. The van der Waals surface area contributed by atoms with Crippen molar-refractivity contribution in [1.29, 1.82) is 0 Å². The fourth-order valence-electron chi connectivity index (χ4n) is 4.27. The molecule has 4 rings (SSSR count). The summed E-state index contributed by atoms with van der Waals surface area (Å²) < 4.78 is 10.9. The fraction of sp³-hybridized carbons (Fsp3) is 0.360. The maximum Gasteiger partial charge on any atom is 0.295 e. The second-order valence-electron chi connectivity index (χ2n) is 8.05. The number of aryl methyl sites for hydroxylation is 1. The van der Waals surface area contributed by atoms with Gasteiger partial charge in [-0.2, -0.15) is 0 Å². The summed E-state index contributed by atoms with van der Waals surface area (Å²) >= 11 is 0. The van der Waals surface area contributed by atoms with Crippen molar-refractivity contribution in [3.8, 4) is 5.75 Å². The van der Waals surface area contributed by atoms with Gasteiger partial charge in [-0.25, -0.2) is 0 Å². The fourth-order valence-corrected chi connectivity index (χ4v) is 4.27. The van der Waals surface area contributed by atoms with Crippen LogP contribution in [0.4, 0.5) is 0 Å². The Morgan fingerprint density at radius 1 is 1.06 bits per heavy atom. The zero-order valence-electron chi connectivity index (χ0n) is 18.4. The van der Waals surface area contributed by atoms with Gasteiger partial charge in [0.15, 0.2) is 0 Å². The van der Waals surface area contributed by atoms with Gasteiger partial charge in [0.05, 0.1) is 31.9 Å². The minimum Gasteiger partial charge on any atom is -0.507 e. The van der Waals surface area contributed by atoms with Crippen molar-refractivity contribution in [3.05, 3.63) is 70.8 Å². The highest BCUT2D eigenvalue weighted by molar-refractivity contribution is 6.46. The number of rotatable bonds is 6. The van der Waals surface area contributed by atoms with E-state index in [-0.39, 0.29) is 11.3 Å². The Kier molecular flexibility index (Phi) is 6.58. The zero-order chi connectivity index (χ0) is 22.7. The number of ketones is 1. The Morgan fingerprint density at radius 2 is 1.75 bits per heavy atom. The highest BCUT2D eigenvalue weighted by atomic mass is 16.5. The van der Waals surface area contributed by atoms with E-state index in [0.29, 0.717) is 43.2 Å². The number of hydrogen-bond donors (Lipinski definition) is 1. The number of aliphatic hydroxyl groups excluding tert-OH is 1. The number of aliphatic hydroxyl groups is 1. The number of nitrogens with zero attached hydrogens (tertiary/aromatic N) is 2. The molecule has 0 unspecified atom stereocenters. The summed E-state index contributed by atoms with van der Waals surface area (Å²) in [5.74, 6) is -0.900. The molecule has 0 spiro atoms. The third-order valence-corrected chi connectivity index (χ3v) is 6.06. The molecule has 2 heterocycles. The summed E-state index contributed by atoms with van der Waals surface area (Å²) in [6, 6.07) is 13.8. The molecule has 7 heteroatoms. The molecule has 2 fully saturated rings. The topological polar surface area (TPSA) is 79.3 Å². The number of benzene rings is 2. The third-order valence-electron chi connectivity index (χ3n) is 6.06. The van der Waals surface area contributed by atoms with E-state index in [9.17, 15) is 14.7 Å². The second-order valence-corrected chi connectivity index (χ2v) is 8.05. The van der Waals surface area contributed by atoms with Crippen LogP contribution in [0.1, 0.15) is 22.7 Å². The molecule has 2 aliphatic heterocycles. The molecule has 1 N–H and O–H groups in total. The smallest absolute Gasteiger partial charge is 0.295 e. The van der Waals surface area contributed by atoms with Gasteiger partial charge in [0.2, 0.25) is 0 Å².